The quantitative estimate of drug-likeness (QED) is 0.595. The Labute approximate surface area is 136 Å². The largest absolute Gasteiger partial charge is 0.351 e. The van der Waals surface area contributed by atoms with Gasteiger partial charge in [0.1, 0.15) is 5.69 Å². The Kier molecular flexibility index (Phi) is 3.28. The maximum atomic E-state index is 12.4. The summed E-state index contributed by atoms with van der Waals surface area (Å²) in [6.07, 6.45) is 1.52. The van der Waals surface area contributed by atoms with Crippen molar-refractivity contribution in [2.24, 2.45) is 0 Å². The number of anilines is 1. The second-order valence-corrected chi connectivity index (χ2v) is 5.31. The van der Waals surface area contributed by atoms with Gasteiger partial charge in [-0.1, -0.05) is 36.4 Å². The fourth-order valence-electron chi connectivity index (χ4n) is 2.51. The van der Waals surface area contributed by atoms with E-state index < -0.39 is 11.5 Å². The molecule has 0 aliphatic rings. The number of hydrogen-bond donors (Lipinski definition) is 2. The topological polar surface area (TPSA) is 87.7 Å². The minimum absolute atomic E-state index is 0.102. The van der Waals surface area contributed by atoms with E-state index in [0.29, 0.717) is 11.2 Å². The zero-order valence-electron chi connectivity index (χ0n) is 12.5. The number of aromatic amines is 1. The molecule has 6 nitrogen and oxygen atoms in total. The highest BCUT2D eigenvalue weighted by molar-refractivity contribution is 6.05. The van der Waals surface area contributed by atoms with Crippen LogP contribution in [0.1, 0.15) is 10.5 Å². The average Bonchev–Trinajstić information content (AvgIpc) is 2.97. The van der Waals surface area contributed by atoms with E-state index in [1.54, 1.807) is 24.3 Å². The van der Waals surface area contributed by atoms with Crippen LogP contribution in [0.5, 0.6) is 0 Å². The number of para-hydroxylation sites is 2. The molecule has 0 atom stereocenters. The van der Waals surface area contributed by atoms with Gasteiger partial charge in [0.2, 0.25) is 5.82 Å². The second kappa shape index (κ2) is 5.58. The summed E-state index contributed by atoms with van der Waals surface area (Å²) in [6.45, 7) is 0. The van der Waals surface area contributed by atoms with Crippen LogP contribution >= 0.6 is 0 Å². The van der Waals surface area contributed by atoms with Crippen molar-refractivity contribution < 1.29 is 4.79 Å². The summed E-state index contributed by atoms with van der Waals surface area (Å²) in [6, 6.07) is 16.4. The molecule has 4 rings (SSSR count). The minimum Gasteiger partial charge on any atom is -0.351 e. The van der Waals surface area contributed by atoms with Gasteiger partial charge in [0.15, 0.2) is 0 Å². The summed E-state index contributed by atoms with van der Waals surface area (Å²) in [5.41, 5.74) is 1.15. The van der Waals surface area contributed by atoms with Gasteiger partial charge in [-0.2, -0.15) is 0 Å². The molecule has 0 aliphatic carbocycles. The molecule has 116 valence electrons. The molecule has 0 saturated heterocycles. The summed E-state index contributed by atoms with van der Waals surface area (Å²) < 4.78 is 0. The number of carbonyl (C=O) groups excluding carboxylic acids is 1. The maximum absolute atomic E-state index is 12.4. The molecule has 24 heavy (non-hydrogen) atoms. The zero-order valence-corrected chi connectivity index (χ0v) is 12.5. The van der Waals surface area contributed by atoms with Crippen molar-refractivity contribution in [1.82, 2.24) is 15.0 Å². The van der Waals surface area contributed by atoms with Crippen molar-refractivity contribution in [3.05, 3.63) is 76.8 Å². The van der Waals surface area contributed by atoms with Crippen LogP contribution in [-0.2, 0) is 0 Å². The summed E-state index contributed by atoms with van der Waals surface area (Å²) >= 11 is 0. The molecule has 2 heterocycles. The first-order chi connectivity index (χ1) is 11.7. The first-order valence-corrected chi connectivity index (χ1v) is 7.36. The number of aromatic nitrogens is 3. The molecule has 4 aromatic rings. The first-order valence-electron chi connectivity index (χ1n) is 7.36. The van der Waals surface area contributed by atoms with Crippen molar-refractivity contribution in [2.45, 2.75) is 0 Å². The zero-order chi connectivity index (χ0) is 16.5. The number of H-pyrrole nitrogens is 1. The molecule has 0 bridgehead atoms. The van der Waals surface area contributed by atoms with E-state index in [9.17, 15) is 9.59 Å². The van der Waals surface area contributed by atoms with Gasteiger partial charge in [-0.05, 0) is 18.2 Å². The smallest absolute Gasteiger partial charge is 0.313 e. The van der Waals surface area contributed by atoms with Crippen molar-refractivity contribution in [2.75, 3.05) is 5.32 Å². The fourth-order valence-corrected chi connectivity index (χ4v) is 2.51. The Bertz CT molecular complexity index is 1100. The Hall–Kier alpha value is -3.54. The van der Waals surface area contributed by atoms with Crippen molar-refractivity contribution in [3.63, 3.8) is 0 Å². The highest BCUT2D eigenvalue weighted by atomic mass is 16.2. The van der Waals surface area contributed by atoms with Gasteiger partial charge >= 0.3 is 5.56 Å². The van der Waals surface area contributed by atoms with Crippen molar-refractivity contribution in [3.8, 4) is 0 Å². The Balaban J connectivity index is 1.72. The fraction of sp³-hybridized carbons (Fsp3) is 0. The number of hydrogen-bond acceptors (Lipinski definition) is 4. The third kappa shape index (κ3) is 2.50. The third-order valence-electron chi connectivity index (χ3n) is 3.70. The van der Waals surface area contributed by atoms with E-state index in [2.05, 4.69) is 20.3 Å². The lowest BCUT2D eigenvalue weighted by Gasteiger charge is -1.98. The van der Waals surface area contributed by atoms with Crippen molar-refractivity contribution >= 4 is 33.5 Å². The van der Waals surface area contributed by atoms with Crippen LogP contribution in [0.25, 0.3) is 21.8 Å². The Morgan fingerprint density at radius 1 is 1.00 bits per heavy atom. The molecule has 0 aliphatic heterocycles. The summed E-state index contributed by atoms with van der Waals surface area (Å²) in [4.78, 5) is 35.6. The number of rotatable bonds is 2. The van der Waals surface area contributed by atoms with E-state index in [1.807, 2.05) is 30.3 Å². The second-order valence-electron chi connectivity index (χ2n) is 5.31. The first kappa shape index (κ1) is 14.1. The molecular weight excluding hydrogens is 304 g/mol. The molecule has 0 fully saturated rings. The number of amides is 1. The highest BCUT2D eigenvalue weighted by Gasteiger charge is 2.12. The lowest BCUT2D eigenvalue weighted by Crippen LogP contribution is -2.19. The molecule has 6 heteroatoms. The monoisotopic (exact) mass is 316 g/mol. The van der Waals surface area contributed by atoms with E-state index in [0.717, 1.165) is 16.3 Å². The lowest BCUT2D eigenvalue weighted by atomic mass is 10.2. The predicted molar refractivity (Wildman–Crippen MR) is 92.1 cm³/mol. The van der Waals surface area contributed by atoms with Gasteiger partial charge < -0.3 is 10.3 Å². The number of fused-ring (bicyclic) bond motifs is 2. The molecule has 0 radical (unpaired) electrons. The van der Waals surface area contributed by atoms with E-state index in [1.165, 1.54) is 6.20 Å². The van der Waals surface area contributed by atoms with Crippen LogP contribution in [0.2, 0.25) is 0 Å². The molecule has 1 amide bonds. The van der Waals surface area contributed by atoms with Crippen LogP contribution in [0, 0.1) is 0 Å². The normalized spacial score (nSPS) is 10.8. The molecule has 0 spiro atoms. The van der Waals surface area contributed by atoms with Crippen LogP contribution in [-0.4, -0.2) is 20.9 Å². The van der Waals surface area contributed by atoms with E-state index >= 15 is 0 Å². The third-order valence-corrected chi connectivity index (χ3v) is 3.70. The van der Waals surface area contributed by atoms with Crippen molar-refractivity contribution in [1.29, 1.82) is 0 Å². The standard InChI is InChI=1S/C18H12N4O2/c23-17(15-9-11-5-1-3-7-13(11)20-15)22-16-18(24)21-14-8-4-2-6-12(14)10-19-16/h1-10,20H,(H,19,21,22,23,24). The average molecular weight is 316 g/mol. The van der Waals surface area contributed by atoms with Crippen LogP contribution < -0.4 is 10.9 Å². The summed E-state index contributed by atoms with van der Waals surface area (Å²) in [5.74, 6) is -0.539. The van der Waals surface area contributed by atoms with Crippen LogP contribution in [0.4, 0.5) is 5.82 Å². The number of carbonyl (C=O) groups is 1. The maximum Gasteiger partial charge on any atom is 0.313 e. The van der Waals surface area contributed by atoms with Gasteiger partial charge in [0.25, 0.3) is 5.91 Å². The molecule has 0 unspecified atom stereocenters. The van der Waals surface area contributed by atoms with Gasteiger partial charge in [0, 0.05) is 22.5 Å². The summed E-state index contributed by atoms with van der Waals surface area (Å²) in [5, 5.41) is 4.17. The molecular formula is C18H12N4O2. The van der Waals surface area contributed by atoms with Crippen LogP contribution in [0.3, 0.4) is 0 Å². The molecule has 0 saturated carbocycles. The van der Waals surface area contributed by atoms with E-state index in [-0.39, 0.29) is 5.82 Å². The highest BCUT2D eigenvalue weighted by Crippen LogP contribution is 2.15. The number of nitrogens with zero attached hydrogens (tertiary/aromatic N) is 2. The van der Waals surface area contributed by atoms with Gasteiger partial charge in [-0.3, -0.25) is 9.59 Å². The van der Waals surface area contributed by atoms with Gasteiger partial charge in [0.05, 0.1) is 5.52 Å². The molecule has 2 N–H and O–H groups in total. The van der Waals surface area contributed by atoms with E-state index in [4.69, 9.17) is 0 Å². The number of benzene rings is 2. The lowest BCUT2D eigenvalue weighted by molar-refractivity contribution is 0.102. The summed E-state index contributed by atoms with van der Waals surface area (Å²) in [7, 11) is 0. The molecule has 2 aromatic heterocycles. The Morgan fingerprint density at radius 3 is 2.58 bits per heavy atom. The molecule has 2 aromatic carbocycles. The van der Waals surface area contributed by atoms with Crippen LogP contribution in [0.15, 0.2) is 65.6 Å². The number of nitrogens with one attached hydrogen (secondary N) is 2. The predicted octanol–water partition coefficient (Wildman–Crippen LogP) is 2.72. The van der Waals surface area contributed by atoms with Gasteiger partial charge in [-0.15, -0.1) is 0 Å². The Morgan fingerprint density at radius 2 is 1.75 bits per heavy atom. The SMILES string of the molecule is O=C(Nc1ncc2ccccc2nc1=O)c1cc2ccccc2[nH]1. The van der Waals surface area contributed by atoms with Gasteiger partial charge in [-0.25, -0.2) is 9.97 Å². The minimum atomic E-state index is -0.583.